The molecule has 0 aliphatic heterocycles. The molecule has 0 rings (SSSR count). The van der Waals surface area contributed by atoms with Gasteiger partial charge in [0.25, 0.3) is 0 Å². The molecule has 0 aliphatic carbocycles. The highest BCUT2D eigenvalue weighted by atomic mass is 35.6. The van der Waals surface area contributed by atoms with Gasteiger partial charge < -0.3 is 14.2 Å². The molecular formula is C8H10Cl4O5. The zero-order valence-corrected chi connectivity index (χ0v) is 12.2. The topological polar surface area (TPSA) is 61.8 Å². The van der Waals surface area contributed by atoms with Crippen molar-refractivity contribution in [1.29, 1.82) is 0 Å². The number of alkyl halides is 4. The van der Waals surface area contributed by atoms with Gasteiger partial charge in [0.1, 0.15) is 0 Å². The van der Waals surface area contributed by atoms with Crippen LogP contribution >= 0.6 is 46.4 Å². The van der Waals surface area contributed by atoms with E-state index in [4.69, 9.17) is 46.4 Å². The maximum atomic E-state index is 11.2. The standard InChI is InChI=1S/C8H10Cl4O5/c1-7(2,5(13)15-3)17-6(14)16-4(9)8(10,11)12/h4H,1-3H3/t4-/m1/s1. The van der Waals surface area contributed by atoms with E-state index < -0.39 is 27.1 Å². The number of ether oxygens (including phenoxy) is 3. The third-order valence-electron chi connectivity index (χ3n) is 1.47. The van der Waals surface area contributed by atoms with Gasteiger partial charge in [0, 0.05) is 0 Å². The fourth-order valence-electron chi connectivity index (χ4n) is 0.671. The van der Waals surface area contributed by atoms with Crippen LogP contribution < -0.4 is 0 Å². The summed E-state index contributed by atoms with van der Waals surface area (Å²) in [6, 6.07) is 0. The van der Waals surface area contributed by atoms with Gasteiger partial charge >= 0.3 is 12.1 Å². The number of carbonyl (C=O) groups excluding carboxylic acids is 2. The fourth-order valence-corrected chi connectivity index (χ4v) is 0.878. The van der Waals surface area contributed by atoms with E-state index >= 15 is 0 Å². The van der Waals surface area contributed by atoms with Gasteiger partial charge in [-0.25, -0.2) is 9.59 Å². The molecule has 0 amide bonds. The van der Waals surface area contributed by atoms with Crippen molar-refractivity contribution >= 4 is 58.5 Å². The molecule has 0 bridgehead atoms. The minimum absolute atomic E-state index is 0.769. The van der Waals surface area contributed by atoms with E-state index in [-0.39, 0.29) is 0 Å². The van der Waals surface area contributed by atoms with Crippen molar-refractivity contribution in [3.05, 3.63) is 0 Å². The lowest BCUT2D eigenvalue weighted by molar-refractivity contribution is -0.161. The minimum atomic E-state index is -2.00. The molecule has 0 N–H and O–H groups in total. The number of hydrogen-bond acceptors (Lipinski definition) is 5. The summed E-state index contributed by atoms with van der Waals surface area (Å²) in [6.45, 7) is 2.61. The van der Waals surface area contributed by atoms with Gasteiger partial charge in [-0.05, 0) is 13.8 Å². The molecule has 0 heterocycles. The van der Waals surface area contributed by atoms with Crippen LogP contribution in [0.25, 0.3) is 0 Å². The maximum Gasteiger partial charge on any atom is 0.511 e. The first-order chi connectivity index (χ1) is 7.50. The number of hydrogen-bond donors (Lipinski definition) is 0. The van der Waals surface area contributed by atoms with Crippen LogP contribution in [-0.2, 0) is 19.0 Å². The summed E-state index contributed by atoms with van der Waals surface area (Å²) in [5.41, 5.74) is -3.08. The van der Waals surface area contributed by atoms with Crippen LogP contribution in [0.1, 0.15) is 13.8 Å². The maximum absolute atomic E-state index is 11.2. The second-order valence-electron chi connectivity index (χ2n) is 3.33. The molecule has 0 saturated heterocycles. The van der Waals surface area contributed by atoms with E-state index in [2.05, 4.69) is 14.2 Å². The molecule has 9 heteroatoms. The van der Waals surface area contributed by atoms with E-state index in [1.165, 1.54) is 13.8 Å². The molecule has 0 unspecified atom stereocenters. The highest BCUT2D eigenvalue weighted by Gasteiger charge is 2.38. The molecule has 0 aromatic rings. The Morgan fingerprint density at radius 1 is 1.18 bits per heavy atom. The molecule has 0 radical (unpaired) electrons. The normalized spacial score (nSPS) is 13.8. The zero-order chi connectivity index (χ0) is 13.9. The highest BCUT2D eigenvalue weighted by molar-refractivity contribution is 6.70. The van der Waals surface area contributed by atoms with Crippen molar-refractivity contribution in [3.63, 3.8) is 0 Å². The van der Waals surface area contributed by atoms with E-state index in [1.807, 2.05) is 0 Å². The molecule has 0 aromatic carbocycles. The Labute approximate surface area is 118 Å². The van der Waals surface area contributed by atoms with E-state index in [0.717, 1.165) is 7.11 Å². The molecule has 0 aromatic heterocycles. The first-order valence-corrected chi connectivity index (χ1v) is 5.76. The van der Waals surface area contributed by atoms with Gasteiger partial charge in [-0.2, -0.15) is 0 Å². The van der Waals surface area contributed by atoms with Crippen LogP contribution in [-0.4, -0.2) is 34.2 Å². The Balaban J connectivity index is 4.42. The SMILES string of the molecule is COC(=O)C(C)(C)OC(=O)O[C@@H](Cl)C(Cl)(Cl)Cl. The van der Waals surface area contributed by atoms with E-state index in [9.17, 15) is 9.59 Å². The van der Waals surface area contributed by atoms with Crippen molar-refractivity contribution in [1.82, 2.24) is 0 Å². The van der Waals surface area contributed by atoms with Gasteiger partial charge in [0.05, 0.1) is 7.11 Å². The van der Waals surface area contributed by atoms with Crippen molar-refractivity contribution < 1.29 is 23.8 Å². The Morgan fingerprint density at radius 2 is 1.65 bits per heavy atom. The third kappa shape index (κ3) is 5.86. The molecule has 100 valence electrons. The summed E-state index contributed by atoms with van der Waals surface area (Å²) < 4.78 is 11.5. The van der Waals surface area contributed by atoms with Crippen LogP contribution in [0.4, 0.5) is 4.79 Å². The Morgan fingerprint density at radius 3 is 2.00 bits per heavy atom. The molecular weight excluding hydrogens is 318 g/mol. The first kappa shape index (κ1) is 16.9. The fraction of sp³-hybridized carbons (Fsp3) is 0.750. The summed E-state index contributed by atoms with van der Waals surface area (Å²) in [5, 5.41) is 0. The highest BCUT2D eigenvalue weighted by Crippen LogP contribution is 2.34. The molecule has 1 atom stereocenters. The van der Waals surface area contributed by atoms with Crippen molar-refractivity contribution in [2.45, 2.75) is 28.8 Å². The number of esters is 1. The average Bonchev–Trinajstić information content (AvgIpc) is 2.13. The monoisotopic (exact) mass is 326 g/mol. The Bertz CT molecular complexity index is 299. The van der Waals surface area contributed by atoms with Gasteiger partial charge in [-0.3, -0.25) is 0 Å². The lowest BCUT2D eigenvalue weighted by atomic mass is 10.1. The molecule has 0 fully saturated rings. The summed E-state index contributed by atoms with van der Waals surface area (Å²) in [4.78, 5) is 22.4. The van der Waals surface area contributed by atoms with Crippen LogP contribution in [0, 0.1) is 0 Å². The zero-order valence-electron chi connectivity index (χ0n) is 9.13. The summed E-state index contributed by atoms with van der Waals surface area (Å²) in [5.74, 6) is -0.769. The Hall–Kier alpha value is -0.100. The van der Waals surface area contributed by atoms with Gasteiger partial charge in [0.2, 0.25) is 15.0 Å². The van der Waals surface area contributed by atoms with Crippen LogP contribution in [0.3, 0.4) is 0 Å². The molecule has 5 nitrogen and oxygen atoms in total. The smallest absolute Gasteiger partial charge is 0.466 e. The van der Waals surface area contributed by atoms with Crippen LogP contribution in [0.5, 0.6) is 0 Å². The Kier molecular flexibility index (Phi) is 6.14. The summed E-state index contributed by atoms with van der Waals surface area (Å²) in [6.07, 6.45) is -1.26. The van der Waals surface area contributed by atoms with Gasteiger partial charge in [-0.1, -0.05) is 46.4 Å². The number of carbonyl (C=O) groups is 2. The number of halogens is 4. The van der Waals surface area contributed by atoms with Gasteiger partial charge in [-0.15, -0.1) is 0 Å². The predicted molar refractivity (Wildman–Crippen MR) is 63.6 cm³/mol. The predicted octanol–water partition coefficient (Wildman–Crippen LogP) is 3.03. The minimum Gasteiger partial charge on any atom is -0.466 e. The van der Waals surface area contributed by atoms with Crippen LogP contribution in [0.2, 0.25) is 0 Å². The number of rotatable bonds is 3. The molecule has 0 spiro atoms. The largest absolute Gasteiger partial charge is 0.511 e. The van der Waals surface area contributed by atoms with Crippen molar-refractivity contribution in [2.24, 2.45) is 0 Å². The second-order valence-corrected chi connectivity index (χ2v) is 6.09. The molecule has 0 aliphatic rings. The van der Waals surface area contributed by atoms with E-state index in [1.54, 1.807) is 0 Å². The lowest BCUT2D eigenvalue weighted by Crippen LogP contribution is -2.39. The first-order valence-electron chi connectivity index (χ1n) is 4.19. The lowest BCUT2D eigenvalue weighted by Gasteiger charge is -2.23. The summed E-state index contributed by atoms with van der Waals surface area (Å²) in [7, 11) is 1.14. The third-order valence-corrected chi connectivity index (χ3v) is 2.82. The van der Waals surface area contributed by atoms with Crippen molar-refractivity contribution in [2.75, 3.05) is 7.11 Å². The van der Waals surface area contributed by atoms with Crippen molar-refractivity contribution in [3.8, 4) is 0 Å². The summed E-state index contributed by atoms with van der Waals surface area (Å²) >= 11 is 21.5. The molecule has 17 heavy (non-hydrogen) atoms. The quantitative estimate of drug-likeness (QED) is 0.589. The molecule has 0 saturated carbocycles. The van der Waals surface area contributed by atoms with E-state index in [0.29, 0.717) is 0 Å². The van der Waals surface area contributed by atoms with Gasteiger partial charge in [0.15, 0.2) is 0 Å². The van der Waals surface area contributed by atoms with Crippen LogP contribution in [0.15, 0.2) is 0 Å². The number of methoxy groups -OCH3 is 1. The average molecular weight is 328 g/mol. The second kappa shape index (κ2) is 6.18.